The highest BCUT2D eigenvalue weighted by molar-refractivity contribution is 7.92. The first-order valence-corrected chi connectivity index (χ1v) is 11.8. The maximum absolute atomic E-state index is 12.8. The lowest BCUT2D eigenvalue weighted by atomic mass is 10.2. The molecule has 0 unspecified atom stereocenters. The number of sulfonamides is 1. The number of hydrogen-bond donors (Lipinski definition) is 1. The molecule has 0 spiro atoms. The average molecular weight is 443 g/mol. The van der Waals surface area contributed by atoms with Crippen molar-refractivity contribution in [3.63, 3.8) is 0 Å². The number of methoxy groups -OCH3 is 1. The van der Waals surface area contributed by atoms with Crippen molar-refractivity contribution in [1.82, 2.24) is 14.8 Å². The van der Waals surface area contributed by atoms with Crippen molar-refractivity contribution in [3.05, 3.63) is 54.4 Å². The van der Waals surface area contributed by atoms with Crippen LogP contribution >= 0.6 is 0 Å². The quantitative estimate of drug-likeness (QED) is 0.537. The van der Waals surface area contributed by atoms with E-state index in [1.54, 1.807) is 31.4 Å². The van der Waals surface area contributed by atoms with Crippen molar-refractivity contribution in [2.24, 2.45) is 0 Å². The summed E-state index contributed by atoms with van der Waals surface area (Å²) < 4.78 is 40.9. The fraction of sp³-hybridized carbons (Fsp3) is 0.364. The average Bonchev–Trinajstić information content (AvgIpc) is 3.02. The third-order valence-corrected chi connectivity index (χ3v) is 6.57. The minimum absolute atomic E-state index is 0.160. The highest BCUT2D eigenvalue weighted by Gasteiger charge is 2.18. The zero-order valence-corrected chi connectivity index (χ0v) is 18.3. The highest BCUT2D eigenvalue weighted by atomic mass is 32.2. The predicted octanol–water partition coefficient (Wildman–Crippen LogP) is 3.50. The van der Waals surface area contributed by atoms with Crippen LogP contribution in [0, 0.1) is 0 Å². The van der Waals surface area contributed by atoms with Crippen LogP contribution in [0.25, 0.3) is 11.4 Å². The Morgan fingerprint density at radius 2 is 1.87 bits per heavy atom. The standard InChI is InChI=1S/C22H26N4O4S/c1-29-14-15-30-19-9-11-20(12-10-19)31(27,28)25-18-7-5-6-17(16-18)22-24-23-21-8-3-2-4-13-26(21)22/h5-7,9-12,16,25H,2-4,8,13-15H2,1H3. The summed E-state index contributed by atoms with van der Waals surface area (Å²) in [7, 11) is -2.14. The van der Waals surface area contributed by atoms with Crippen molar-refractivity contribution in [2.75, 3.05) is 25.0 Å². The number of hydrogen-bond acceptors (Lipinski definition) is 6. The number of aryl methyl sites for hydroxylation is 1. The maximum Gasteiger partial charge on any atom is 0.261 e. The first-order chi connectivity index (χ1) is 15.1. The molecule has 0 saturated carbocycles. The van der Waals surface area contributed by atoms with Gasteiger partial charge in [-0.15, -0.1) is 10.2 Å². The Morgan fingerprint density at radius 1 is 1.03 bits per heavy atom. The molecule has 164 valence electrons. The first kappa shape index (κ1) is 21.3. The number of ether oxygens (including phenoxy) is 2. The van der Waals surface area contributed by atoms with Crippen molar-refractivity contribution in [1.29, 1.82) is 0 Å². The van der Waals surface area contributed by atoms with Gasteiger partial charge in [0.25, 0.3) is 10.0 Å². The SMILES string of the molecule is COCCOc1ccc(S(=O)(=O)Nc2cccc(-c3nnc4n3CCCCC4)c2)cc1. The summed E-state index contributed by atoms with van der Waals surface area (Å²) in [4.78, 5) is 0.160. The molecule has 0 bridgehead atoms. The fourth-order valence-electron chi connectivity index (χ4n) is 3.59. The van der Waals surface area contributed by atoms with Crippen molar-refractivity contribution >= 4 is 15.7 Å². The van der Waals surface area contributed by atoms with E-state index in [0.29, 0.717) is 24.7 Å². The molecule has 0 aliphatic carbocycles. The minimum atomic E-state index is -3.74. The van der Waals surface area contributed by atoms with Gasteiger partial charge in [0.05, 0.1) is 11.5 Å². The second-order valence-corrected chi connectivity index (χ2v) is 9.08. The van der Waals surface area contributed by atoms with E-state index in [9.17, 15) is 8.42 Å². The van der Waals surface area contributed by atoms with Gasteiger partial charge < -0.3 is 14.0 Å². The third kappa shape index (κ3) is 5.05. The van der Waals surface area contributed by atoms with E-state index in [1.165, 1.54) is 18.6 Å². The summed E-state index contributed by atoms with van der Waals surface area (Å²) >= 11 is 0. The van der Waals surface area contributed by atoms with Gasteiger partial charge in [0.1, 0.15) is 18.2 Å². The van der Waals surface area contributed by atoms with Gasteiger partial charge in [-0.1, -0.05) is 18.6 Å². The smallest absolute Gasteiger partial charge is 0.261 e. The van der Waals surface area contributed by atoms with Gasteiger partial charge in [0.15, 0.2) is 5.82 Å². The molecule has 0 radical (unpaired) electrons. The van der Waals surface area contributed by atoms with Crippen LogP contribution in [0.2, 0.25) is 0 Å². The van der Waals surface area contributed by atoms with E-state index in [-0.39, 0.29) is 4.90 Å². The summed E-state index contributed by atoms with van der Waals surface area (Å²) in [5.74, 6) is 2.35. The Kier molecular flexibility index (Phi) is 6.53. The minimum Gasteiger partial charge on any atom is -0.491 e. The number of nitrogens with zero attached hydrogens (tertiary/aromatic N) is 3. The summed E-state index contributed by atoms with van der Waals surface area (Å²) in [6, 6.07) is 13.6. The summed E-state index contributed by atoms with van der Waals surface area (Å²) in [5, 5.41) is 8.69. The Balaban J connectivity index is 1.51. The second kappa shape index (κ2) is 9.49. The van der Waals surface area contributed by atoms with Gasteiger partial charge in [0.2, 0.25) is 0 Å². The molecule has 1 N–H and O–H groups in total. The zero-order chi connectivity index (χ0) is 21.7. The summed E-state index contributed by atoms with van der Waals surface area (Å²) in [6.07, 6.45) is 4.31. The molecular formula is C22H26N4O4S. The van der Waals surface area contributed by atoms with Crippen LogP contribution in [-0.2, 0) is 27.7 Å². The number of rotatable bonds is 8. The number of nitrogens with one attached hydrogen (secondary N) is 1. The molecule has 0 amide bonds. The van der Waals surface area contributed by atoms with Crippen LogP contribution in [0.5, 0.6) is 5.75 Å². The topological polar surface area (TPSA) is 95.3 Å². The Morgan fingerprint density at radius 3 is 2.68 bits per heavy atom. The number of anilines is 1. The van der Waals surface area contributed by atoms with E-state index >= 15 is 0 Å². The summed E-state index contributed by atoms with van der Waals surface area (Å²) in [6.45, 7) is 1.75. The van der Waals surface area contributed by atoms with Gasteiger partial charge in [0, 0.05) is 31.3 Å². The predicted molar refractivity (Wildman–Crippen MR) is 118 cm³/mol. The molecule has 3 aromatic rings. The molecule has 0 atom stereocenters. The molecule has 2 aromatic carbocycles. The van der Waals surface area contributed by atoms with Gasteiger partial charge in [-0.2, -0.15) is 0 Å². The maximum atomic E-state index is 12.8. The largest absolute Gasteiger partial charge is 0.491 e. The van der Waals surface area contributed by atoms with Crippen LogP contribution in [0.15, 0.2) is 53.4 Å². The number of aromatic nitrogens is 3. The van der Waals surface area contributed by atoms with E-state index in [4.69, 9.17) is 9.47 Å². The lowest BCUT2D eigenvalue weighted by Gasteiger charge is -2.11. The van der Waals surface area contributed by atoms with Crippen LogP contribution < -0.4 is 9.46 Å². The number of benzene rings is 2. The monoisotopic (exact) mass is 442 g/mol. The lowest BCUT2D eigenvalue weighted by molar-refractivity contribution is 0.146. The number of fused-ring (bicyclic) bond motifs is 1. The van der Waals surface area contributed by atoms with Crippen LogP contribution in [-0.4, -0.2) is 43.5 Å². The normalized spacial score (nSPS) is 14.0. The summed E-state index contributed by atoms with van der Waals surface area (Å²) in [5.41, 5.74) is 1.31. The molecule has 4 rings (SSSR count). The van der Waals surface area contributed by atoms with Crippen molar-refractivity contribution in [3.8, 4) is 17.1 Å². The molecule has 31 heavy (non-hydrogen) atoms. The van der Waals surface area contributed by atoms with Crippen LogP contribution in [0.4, 0.5) is 5.69 Å². The third-order valence-electron chi connectivity index (χ3n) is 5.17. The van der Waals surface area contributed by atoms with Gasteiger partial charge in [-0.25, -0.2) is 8.42 Å². The van der Waals surface area contributed by atoms with E-state index in [1.807, 2.05) is 12.1 Å². The first-order valence-electron chi connectivity index (χ1n) is 10.3. The molecule has 9 heteroatoms. The van der Waals surface area contributed by atoms with E-state index in [2.05, 4.69) is 19.5 Å². The highest BCUT2D eigenvalue weighted by Crippen LogP contribution is 2.26. The zero-order valence-electron chi connectivity index (χ0n) is 17.5. The van der Waals surface area contributed by atoms with Crippen LogP contribution in [0.3, 0.4) is 0 Å². The van der Waals surface area contributed by atoms with Crippen LogP contribution in [0.1, 0.15) is 25.1 Å². The van der Waals surface area contributed by atoms with Crippen molar-refractivity contribution in [2.45, 2.75) is 37.1 Å². The van der Waals surface area contributed by atoms with Gasteiger partial charge in [-0.05, 0) is 49.2 Å². The molecule has 0 fully saturated rings. The van der Waals surface area contributed by atoms with E-state index < -0.39 is 10.0 Å². The van der Waals surface area contributed by atoms with E-state index in [0.717, 1.165) is 43.0 Å². The lowest BCUT2D eigenvalue weighted by Crippen LogP contribution is -2.13. The fourth-order valence-corrected chi connectivity index (χ4v) is 4.64. The van der Waals surface area contributed by atoms with Crippen molar-refractivity contribution < 1.29 is 17.9 Å². The Labute approximate surface area is 182 Å². The van der Waals surface area contributed by atoms with Gasteiger partial charge >= 0.3 is 0 Å². The molecule has 1 aliphatic rings. The Bertz CT molecular complexity index is 1130. The molecule has 1 aliphatic heterocycles. The molecule has 2 heterocycles. The molecule has 8 nitrogen and oxygen atoms in total. The molecule has 1 aromatic heterocycles. The Hall–Kier alpha value is -2.91. The molecule has 0 saturated heterocycles. The molecular weight excluding hydrogens is 416 g/mol. The second-order valence-electron chi connectivity index (χ2n) is 7.40. The van der Waals surface area contributed by atoms with Gasteiger partial charge in [-0.3, -0.25) is 4.72 Å².